The maximum absolute atomic E-state index is 9.30. The molecule has 1 aromatic rings. The molecule has 16 heavy (non-hydrogen) atoms. The van der Waals surface area contributed by atoms with Crippen molar-refractivity contribution in [2.45, 2.75) is 24.9 Å². The Bertz CT molecular complexity index is 359. The molecule has 1 aromatic heterocycles. The maximum Gasteiger partial charge on any atom is 0.0925 e. The number of fused-ring (bicyclic) bond motifs is 1. The van der Waals surface area contributed by atoms with Crippen LogP contribution in [0.1, 0.15) is 23.9 Å². The Kier molecular flexibility index (Phi) is 2.67. The quantitative estimate of drug-likeness (QED) is 0.548. The van der Waals surface area contributed by atoms with Crippen LogP contribution in [0.4, 0.5) is 0 Å². The van der Waals surface area contributed by atoms with Crippen molar-refractivity contribution in [3.63, 3.8) is 0 Å². The van der Waals surface area contributed by atoms with Gasteiger partial charge in [0.05, 0.1) is 24.7 Å². The first-order valence-corrected chi connectivity index (χ1v) is 5.98. The van der Waals surface area contributed by atoms with Crippen LogP contribution in [0.25, 0.3) is 0 Å². The molecule has 0 bridgehead atoms. The fraction of sp³-hybridized carbons (Fsp3) is 0.727. The third-order valence-corrected chi connectivity index (χ3v) is 3.70. The first-order valence-electron chi connectivity index (χ1n) is 5.98. The summed E-state index contributed by atoms with van der Waals surface area (Å²) in [5.74, 6) is 0.594. The van der Waals surface area contributed by atoms with Crippen LogP contribution in [-0.2, 0) is 6.42 Å². The predicted molar refractivity (Wildman–Crippen MR) is 60.0 cm³/mol. The van der Waals surface area contributed by atoms with Crippen LogP contribution in [0.5, 0.6) is 0 Å². The van der Waals surface area contributed by atoms with E-state index in [1.54, 1.807) is 6.33 Å². The number of imidazole rings is 1. The number of aromatic nitrogens is 2. The molecular weight excluding hydrogens is 204 g/mol. The third-order valence-electron chi connectivity index (χ3n) is 3.70. The van der Waals surface area contributed by atoms with Gasteiger partial charge in [0.1, 0.15) is 0 Å². The Balaban J connectivity index is 1.87. The van der Waals surface area contributed by atoms with Gasteiger partial charge in [-0.3, -0.25) is 0 Å². The van der Waals surface area contributed by atoms with Crippen molar-refractivity contribution in [1.29, 1.82) is 0 Å². The first-order chi connectivity index (χ1) is 7.88. The second-order valence-corrected chi connectivity index (χ2v) is 4.75. The Morgan fingerprint density at radius 2 is 2.44 bits per heavy atom. The summed E-state index contributed by atoms with van der Waals surface area (Å²) in [4.78, 5) is 7.62. The molecule has 1 fully saturated rings. The summed E-state index contributed by atoms with van der Waals surface area (Å²) >= 11 is 0. The lowest BCUT2D eigenvalue weighted by atomic mass is 9.89. The van der Waals surface area contributed by atoms with Gasteiger partial charge < -0.3 is 20.7 Å². The highest BCUT2D eigenvalue weighted by Crippen LogP contribution is 2.31. The van der Waals surface area contributed by atoms with Crippen molar-refractivity contribution in [3.8, 4) is 0 Å². The van der Waals surface area contributed by atoms with Gasteiger partial charge in [-0.25, -0.2) is 4.98 Å². The number of aromatic amines is 1. The van der Waals surface area contributed by atoms with E-state index in [4.69, 9.17) is 0 Å². The van der Waals surface area contributed by atoms with E-state index in [1.165, 1.54) is 12.1 Å². The minimum absolute atomic E-state index is 0.165. The van der Waals surface area contributed by atoms with E-state index in [0.29, 0.717) is 12.0 Å². The molecule has 0 aromatic carbocycles. The van der Waals surface area contributed by atoms with Gasteiger partial charge in [0.2, 0.25) is 0 Å². The summed E-state index contributed by atoms with van der Waals surface area (Å²) in [5.41, 5.74) is 2.34. The number of H-pyrrole nitrogens is 1. The van der Waals surface area contributed by atoms with E-state index in [0.717, 1.165) is 25.2 Å². The normalized spacial score (nSPS) is 33.9. The number of aliphatic hydroxyl groups excluding tert-OH is 1. The summed E-state index contributed by atoms with van der Waals surface area (Å²) in [6.07, 6.45) is 3.80. The molecule has 2 aliphatic rings. The second-order valence-electron chi connectivity index (χ2n) is 4.75. The molecule has 3 atom stereocenters. The number of hydrogen-bond donors (Lipinski definition) is 4. The minimum Gasteiger partial charge on any atom is -0.395 e. The molecule has 0 radical (unpaired) electrons. The molecule has 0 saturated carbocycles. The molecule has 3 unspecified atom stereocenters. The smallest absolute Gasteiger partial charge is 0.0925 e. The van der Waals surface area contributed by atoms with E-state index in [-0.39, 0.29) is 12.6 Å². The monoisotopic (exact) mass is 222 g/mol. The van der Waals surface area contributed by atoms with Crippen LogP contribution in [0.15, 0.2) is 6.33 Å². The van der Waals surface area contributed by atoms with Gasteiger partial charge in [0, 0.05) is 18.2 Å². The molecule has 1 saturated heterocycles. The predicted octanol–water partition coefficient (Wildman–Crippen LogP) is -0.433. The average molecular weight is 222 g/mol. The maximum atomic E-state index is 9.30. The van der Waals surface area contributed by atoms with Gasteiger partial charge in [-0.2, -0.15) is 0 Å². The van der Waals surface area contributed by atoms with Crippen molar-refractivity contribution in [1.82, 2.24) is 20.6 Å². The van der Waals surface area contributed by atoms with Crippen molar-refractivity contribution < 1.29 is 5.11 Å². The molecular formula is C11H18N4O. The highest BCUT2D eigenvalue weighted by Gasteiger charge is 2.34. The van der Waals surface area contributed by atoms with Crippen LogP contribution in [0, 0.1) is 5.92 Å². The Labute approximate surface area is 94.7 Å². The summed E-state index contributed by atoms with van der Waals surface area (Å²) in [6, 6.07) is 0.459. The lowest BCUT2D eigenvalue weighted by molar-refractivity contribution is 0.204. The highest BCUT2D eigenvalue weighted by atomic mass is 16.3. The van der Waals surface area contributed by atoms with Crippen LogP contribution in [0.2, 0.25) is 0 Å². The van der Waals surface area contributed by atoms with Gasteiger partial charge in [-0.1, -0.05) is 0 Å². The first kappa shape index (κ1) is 10.3. The second kappa shape index (κ2) is 4.16. The SMILES string of the molecule is OCC1Cc2[nH]cnc2C(C2CCNC2)N1. The number of hydrogen-bond acceptors (Lipinski definition) is 4. The standard InChI is InChI=1S/C11H18N4O/c16-5-8-3-9-11(14-6-13-9)10(15-8)7-1-2-12-4-7/h6-8,10,12,15-16H,1-5H2,(H,13,14). The topological polar surface area (TPSA) is 73.0 Å². The minimum atomic E-state index is 0.165. The van der Waals surface area contributed by atoms with Crippen molar-refractivity contribution in [3.05, 3.63) is 17.7 Å². The summed E-state index contributed by atoms with van der Waals surface area (Å²) < 4.78 is 0. The molecule has 88 valence electrons. The van der Waals surface area contributed by atoms with Crippen LogP contribution in [-0.4, -0.2) is 40.8 Å². The van der Waals surface area contributed by atoms with E-state index in [1.807, 2.05) is 0 Å². The van der Waals surface area contributed by atoms with E-state index in [2.05, 4.69) is 20.6 Å². The van der Waals surface area contributed by atoms with Crippen molar-refractivity contribution >= 4 is 0 Å². The zero-order valence-electron chi connectivity index (χ0n) is 9.24. The fourth-order valence-corrected chi connectivity index (χ4v) is 2.84. The van der Waals surface area contributed by atoms with Gasteiger partial charge >= 0.3 is 0 Å². The number of aliphatic hydroxyl groups is 1. The Hall–Kier alpha value is -0.910. The molecule has 3 heterocycles. The van der Waals surface area contributed by atoms with E-state index < -0.39 is 0 Å². The summed E-state index contributed by atoms with van der Waals surface area (Å²) in [5, 5.41) is 16.2. The van der Waals surface area contributed by atoms with E-state index in [9.17, 15) is 5.11 Å². The molecule has 5 nitrogen and oxygen atoms in total. The zero-order valence-corrected chi connectivity index (χ0v) is 9.24. The lowest BCUT2D eigenvalue weighted by Gasteiger charge is -2.32. The molecule has 5 heteroatoms. The summed E-state index contributed by atoms with van der Waals surface area (Å²) in [6.45, 7) is 2.32. The van der Waals surface area contributed by atoms with Crippen LogP contribution >= 0.6 is 0 Å². The molecule has 3 rings (SSSR count). The number of rotatable bonds is 2. The third kappa shape index (κ3) is 1.65. The molecule has 0 aliphatic carbocycles. The highest BCUT2D eigenvalue weighted by molar-refractivity contribution is 5.22. The lowest BCUT2D eigenvalue weighted by Crippen LogP contribution is -2.45. The zero-order chi connectivity index (χ0) is 11.0. The number of nitrogens with one attached hydrogen (secondary N) is 3. The van der Waals surface area contributed by atoms with Crippen molar-refractivity contribution in [2.75, 3.05) is 19.7 Å². The Morgan fingerprint density at radius 3 is 3.19 bits per heavy atom. The van der Waals surface area contributed by atoms with Crippen LogP contribution in [0.3, 0.4) is 0 Å². The Morgan fingerprint density at radius 1 is 1.50 bits per heavy atom. The fourth-order valence-electron chi connectivity index (χ4n) is 2.84. The van der Waals surface area contributed by atoms with Gasteiger partial charge in [-0.15, -0.1) is 0 Å². The molecule has 4 N–H and O–H groups in total. The van der Waals surface area contributed by atoms with Gasteiger partial charge in [0.15, 0.2) is 0 Å². The van der Waals surface area contributed by atoms with Crippen LogP contribution < -0.4 is 10.6 Å². The largest absolute Gasteiger partial charge is 0.395 e. The molecule has 2 aliphatic heterocycles. The average Bonchev–Trinajstić information content (AvgIpc) is 2.98. The van der Waals surface area contributed by atoms with Crippen molar-refractivity contribution in [2.24, 2.45) is 5.92 Å². The van der Waals surface area contributed by atoms with Gasteiger partial charge in [-0.05, 0) is 25.4 Å². The molecule has 0 spiro atoms. The molecule has 0 amide bonds. The van der Waals surface area contributed by atoms with Gasteiger partial charge in [0.25, 0.3) is 0 Å². The summed E-state index contributed by atoms with van der Waals surface area (Å²) in [7, 11) is 0. The van der Waals surface area contributed by atoms with E-state index >= 15 is 0 Å². The number of nitrogens with zero attached hydrogens (tertiary/aromatic N) is 1.